The Morgan fingerprint density at radius 1 is 1.11 bits per heavy atom. The monoisotopic (exact) mass is 501 g/mol. The first kappa shape index (κ1) is 24.3. The number of halogens is 6. The molecular weight excluding hydrogens is 484 g/mol. The number of nitrogens with one attached hydrogen (secondary N) is 2. The van der Waals surface area contributed by atoms with Gasteiger partial charge in [-0.15, -0.1) is 5.10 Å². The summed E-state index contributed by atoms with van der Waals surface area (Å²) in [6, 6.07) is 3.93. The maximum absolute atomic E-state index is 15.0. The van der Waals surface area contributed by atoms with Crippen LogP contribution >= 0.6 is 0 Å². The van der Waals surface area contributed by atoms with Crippen molar-refractivity contribution in [3.8, 4) is 11.4 Å². The van der Waals surface area contributed by atoms with Gasteiger partial charge in [0.15, 0.2) is 6.61 Å². The molecule has 35 heavy (non-hydrogen) atoms. The van der Waals surface area contributed by atoms with Crippen LogP contribution in [-0.2, 0) is 13.0 Å². The number of para-hydroxylation sites is 1. The zero-order valence-corrected chi connectivity index (χ0v) is 17.8. The average molecular weight is 501 g/mol. The van der Waals surface area contributed by atoms with Crippen LogP contribution in [0.25, 0.3) is 5.69 Å². The Morgan fingerprint density at radius 3 is 2.51 bits per heavy atom. The van der Waals surface area contributed by atoms with Crippen LogP contribution in [-0.4, -0.2) is 46.1 Å². The molecule has 3 aromatic rings. The van der Waals surface area contributed by atoms with Crippen LogP contribution in [0.2, 0.25) is 0 Å². The number of nitrogens with zero attached hydrogens (tertiary/aromatic N) is 3. The molecule has 1 aromatic heterocycles. The topological polar surface area (TPSA) is 90.2 Å². The molecule has 4 rings (SSSR count). The molecule has 1 aliphatic rings. The molecule has 1 aliphatic heterocycles. The first-order chi connectivity index (χ1) is 16.5. The van der Waals surface area contributed by atoms with Gasteiger partial charge in [-0.05, 0) is 18.2 Å². The van der Waals surface area contributed by atoms with E-state index in [9.17, 15) is 31.5 Å². The van der Waals surface area contributed by atoms with E-state index >= 15 is 4.39 Å². The summed E-state index contributed by atoms with van der Waals surface area (Å²) in [7, 11) is 0. The lowest BCUT2D eigenvalue weighted by Gasteiger charge is -2.15. The molecule has 1 amide bonds. The zero-order valence-electron chi connectivity index (χ0n) is 17.8. The van der Waals surface area contributed by atoms with E-state index in [2.05, 4.69) is 10.4 Å². The summed E-state index contributed by atoms with van der Waals surface area (Å²) in [4.78, 5) is 25.4. The fourth-order valence-electron chi connectivity index (χ4n) is 3.48. The molecule has 8 nitrogen and oxygen atoms in total. The molecule has 2 N–H and O–H groups in total. The first-order valence-electron chi connectivity index (χ1n) is 10.2. The van der Waals surface area contributed by atoms with Crippen LogP contribution in [0.5, 0.6) is 5.75 Å². The van der Waals surface area contributed by atoms with E-state index < -0.39 is 64.5 Å². The van der Waals surface area contributed by atoms with Gasteiger partial charge in [0.25, 0.3) is 5.91 Å². The Balaban J connectivity index is 1.77. The van der Waals surface area contributed by atoms with Crippen LogP contribution in [0.4, 0.5) is 32.0 Å². The summed E-state index contributed by atoms with van der Waals surface area (Å²) >= 11 is 0. The number of aromatic nitrogens is 3. The minimum atomic E-state index is -4.82. The molecule has 0 fully saturated rings. The van der Waals surface area contributed by atoms with Crippen molar-refractivity contribution in [2.24, 2.45) is 0 Å². The predicted molar refractivity (Wildman–Crippen MR) is 110 cm³/mol. The molecule has 186 valence electrons. The second-order valence-electron chi connectivity index (χ2n) is 7.52. The summed E-state index contributed by atoms with van der Waals surface area (Å²) in [6.45, 7) is -0.661. The molecule has 0 saturated carbocycles. The van der Waals surface area contributed by atoms with Gasteiger partial charge in [0.1, 0.15) is 40.4 Å². The SMILES string of the molecule is O=C(Nc1c(F)cccc1F)c1cc(F)c(-n2nc3n(c2=O)CCNCC3)cc1OCC(F)(F)F. The standard InChI is InChI=1S/C21H17F6N5O3/c22-12-2-1-3-13(23)18(12)29-19(33)11-8-14(24)15(9-16(11)35-10-21(25,26)27)32-20(34)31-7-6-28-5-4-17(31)30-32/h1-3,8-9,28H,4-7,10H2,(H,29,33). The van der Waals surface area contributed by atoms with Gasteiger partial charge in [-0.1, -0.05) is 6.07 Å². The van der Waals surface area contributed by atoms with Crippen molar-refractivity contribution in [2.75, 3.05) is 25.0 Å². The predicted octanol–water partition coefficient (Wildman–Crippen LogP) is 2.79. The Morgan fingerprint density at radius 2 is 1.83 bits per heavy atom. The van der Waals surface area contributed by atoms with Crippen molar-refractivity contribution >= 4 is 11.6 Å². The molecule has 14 heteroatoms. The highest BCUT2D eigenvalue weighted by Crippen LogP contribution is 2.29. The number of benzene rings is 2. The number of fused-ring (bicyclic) bond motifs is 1. The fourth-order valence-corrected chi connectivity index (χ4v) is 3.48. The van der Waals surface area contributed by atoms with Crippen molar-refractivity contribution in [1.29, 1.82) is 0 Å². The van der Waals surface area contributed by atoms with E-state index in [1.54, 1.807) is 0 Å². The number of hydrogen-bond donors (Lipinski definition) is 2. The zero-order chi connectivity index (χ0) is 25.3. The maximum Gasteiger partial charge on any atom is 0.422 e. The van der Waals surface area contributed by atoms with Crippen LogP contribution in [0, 0.1) is 17.5 Å². The van der Waals surface area contributed by atoms with Gasteiger partial charge in [0.2, 0.25) is 0 Å². The minimum Gasteiger partial charge on any atom is -0.483 e. The number of alkyl halides is 3. The Kier molecular flexibility index (Phi) is 6.56. The van der Waals surface area contributed by atoms with Gasteiger partial charge >= 0.3 is 11.9 Å². The molecule has 0 spiro atoms. The highest BCUT2D eigenvalue weighted by Gasteiger charge is 2.30. The third-order valence-corrected chi connectivity index (χ3v) is 5.09. The normalized spacial score (nSPS) is 13.8. The molecule has 0 saturated heterocycles. The van der Waals surface area contributed by atoms with Crippen molar-refractivity contribution < 1.29 is 35.9 Å². The minimum absolute atomic E-state index is 0.238. The highest BCUT2D eigenvalue weighted by molar-refractivity contribution is 6.06. The van der Waals surface area contributed by atoms with Crippen LogP contribution < -0.4 is 21.1 Å². The molecule has 2 aromatic carbocycles. The summed E-state index contributed by atoms with van der Waals surface area (Å²) in [5, 5.41) is 8.99. The maximum atomic E-state index is 15.0. The summed E-state index contributed by atoms with van der Waals surface area (Å²) in [6.07, 6.45) is -4.48. The van der Waals surface area contributed by atoms with Gasteiger partial charge in [-0.25, -0.2) is 18.0 Å². The second kappa shape index (κ2) is 9.44. The van der Waals surface area contributed by atoms with Crippen molar-refractivity contribution in [3.63, 3.8) is 0 Å². The van der Waals surface area contributed by atoms with Crippen molar-refractivity contribution in [1.82, 2.24) is 19.7 Å². The number of carbonyl (C=O) groups is 1. The van der Waals surface area contributed by atoms with Crippen LogP contribution in [0.1, 0.15) is 16.2 Å². The third kappa shape index (κ3) is 5.16. The van der Waals surface area contributed by atoms with E-state index in [0.29, 0.717) is 42.1 Å². The number of anilines is 1. The number of carbonyl (C=O) groups excluding carboxylic acids is 1. The van der Waals surface area contributed by atoms with E-state index in [1.807, 2.05) is 5.32 Å². The average Bonchev–Trinajstić information content (AvgIpc) is 2.95. The van der Waals surface area contributed by atoms with Crippen molar-refractivity contribution in [3.05, 3.63) is 69.7 Å². The Hall–Kier alpha value is -3.81. The number of hydrogen-bond acceptors (Lipinski definition) is 5. The van der Waals surface area contributed by atoms with Crippen molar-refractivity contribution in [2.45, 2.75) is 19.1 Å². The van der Waals surface area contributed by atoms with Gasteiger partial charge in [0.05, 0.1) is 5.56 Å². The van der Waals surface area contributed by atoms with Gasteiger partial charge < -0.3 is 15.4 Å². The lowest BCUT2D eigenvalue weighted by Crippen LogP contribution is -2.28. The third-order valence-electron chi connectivity index (χ3n) is 5.09. The molecule has 0 atom stereocenters. The number of amides is 1. The van der Waals surface area contributed by atoms with E-state index in [4.69, 9.17) is 4.74 Å². The quantitative estimate of drug-likeness (QED) is 0.525. The first-order valence-corrected chi connectivity index (χ1v) is 10.2. The molecule has 2 heterocycles. The van der Waals surface area contributed by atoms with E-state index in [0.717, 1.165) is 18.2 Å². The number of rotatable bonds is 5. The van der Waals surface area contributed by atoms with Crippen LogP contribution in [0.3, 0.4) is 0 Å². The summed E-state index contributed by atoms with van der Waals surface area (Å²) < 4.78 is 88.0. The lowest BCUT2D eigenvalue weighted by atomic mass is 10.1. The van der Waals surface area contributed by atoms with Crippen LogP contribution in [0.15, 0.2) is 35.1 Å². The smallest absolute Gasteiger partial charge is 0.422 e. The van der Waals surface area contributed by atoms with Gasteiger partial charge in [-0.2, -0.15) is 17.9 Å². The highest BCUT2D eigenvalue weighted by atomic mass is 19.4. The Bertz CT molecular complexity index is 1310. The number of ether oxygens (including phenoxy) is 1. The molecule has 0 bridgehead atoms. The molecule has 0 unspecified atom stereocenters. The molecule has 0 radical (unpaired) electrons. The summed E-state index contributed by atoms with van der Waals surface area (Å²) in [5.74, 6) is -5.30. The fraction of sp³-hybridized carbons (Fsp3) is 0.286. The van der Waals surface area contributed by atoms with E-state index in [1.165, 1.54) is 4.57 Å². The van der Waals surface area contributed by atoms with Gasteiger partial charge in [-0.3, -0.25) is 9.36 Å². The second-order valence-corrected chi connectivity index (χ2v) is 7.52. The summed E-state index contributed by atoms with van der Waals surface area (Å²) in [5.41, 5.74) is -2.97. The molecule has 0 aliphatic carbocycles. The lowest BCUT2D eigenvalue weighted by molar-refractivity contribution is -0.153. The Labute approximate surface area is 193 Å². The van der Waals surface area contributed by atoms with E-state index in [-0.39, 0.29) is 6.54 Å². The largest absolute Gasteiger partial charge is 0.483 e. The van der Waals surface area contributed by atoms with Gasteiger partial charge in [0, 0.05) is 32.1 Å². The molecular formula is C21H17F6N5O3.